The van der Waals surface area contributed by atoms with Gasteiger partial charge in [-0.1, -0.05) is 13.8 Å². The smallest absolute Gasteiger partial charge is 0.427 e. The molecule has 0 radical (unpaired) electrons. The molecule has 0 aromatic heterocycles. The van der Waals surface area contributed by atoms with Crippen molar-refractivity contribution < 1.29 is 9.53 Å². The van der Waals surface area contributed by atoms with Crippen LogP contribution in [0.1, 0.15) is 20.8 Å². The maximum absolute atomic E-state index is 10.6. The molecule has 4 heteroatoms. The van der Waals surface area contributed by atoms with Crippen LogP contribution in [0.25, 0.3) is 0 Å². The van der Waals surface area contributed by atoms with Crippen LogP contribution < -0.4 is 5.43 Å². The van der Waals surface area contributed by atoms with Gasteiger partial charge in [0.15, 0.2) is 0 Å². The van der Waals surface area contributed by atoms with Gasteiger partial charge in [0.1, 0.15) is 0 Å². The highest BCUT2D eigenvalue weighted by molar-refractivity contribution is 5.69. The van der Waals surface area contributed by atoms with E-state index in [1.54, 1.807) is 13.1 Å². The lowest BCUT2D eigenvalue weighted by atomic mass is 10.3. The number of hydrogen-bond acceptors (Lipinski definition) is 3. The minimum Gasteiger partial charge on any atom is -0.449 e. The summed E-state index contributed by atoms with van der Waals surface area (Å²) in [6, 6.07) is 0. The van der Waals surface area contributed by atoms with Crippen LogP contribution in [0.15, 0.2) is 5.10 Å². The number of amides is 1. The van der Waals surface area contributed by atoms with Gasteiger partial charge in [0.25, 0.3) is 0 Å². The van der Waals surface area contributed by atoms with E-state index in [2.05, 4.69) is 15.3 Å². The summed E-state index contributed by atoms with van der Waals surface area (Å²) >= 11 is 0. The topological polar surface area (TPSA) is 50.7 Å². The van der Waals surface area contributed by atoms with Crippen molar-refractivity contribution in [2.45, 2.75) is 20.8 Å². The van der Waals surface area contributed by atoms with Crippen molar-refractivity contribution in [3.8, 4) is 0 Å². The van der Waals surface area contributed by atoms with Crippen LogP contribution in [-0.4, -0.2) is 18.9 Å². The number of nitrogens with zero attached hydrogens (tertiary/aromatic N) is 1. The molecule has 0 aromatic rings. The molecule has 0 rings (SSSR count). The summed E-state index contributed by atoms with van der Waals surface area (Å²) in [5.74, 6) is 0.330. The molecule has 64 valence electrons. The van der Waals surface area contributed by atoms with E-state index >= 15 is 0 Å². The van der Waals surface area contributed by atoms with Crippen molar-refractivity contribution in [1.29, 1.82) is 0 Å². The molecule has 0 saturated heterocycles. The Morgan fingerprint density at radius 1 is 1.73 bits per heavy atom. The van der Waals surface area contributed by atoms with Gasteiger partial charge in [-0.2, -0.15) is 5.10 Å². The number of hydrogen-bond donors (Lipinski definition) is 1. The average molecular weight is 158 g/mol. The van der Waals surface area contributed by atoms with Crippen LogP contribution in [0, 0.1) is 5.92 Å². The molecule has 1 N–H and O–H groups in total. The lowest BCUT2D eigenvalue weighted by Gasteiger charge is -1.98. The Morgan fingerprint density at radius 2 is 2.36 bits per heavy atom. The van der Waals surface area contributed by atoms with E-state index in [9.17, 15) is 4.79 Å². The fourth-order valence-electron chi connectivity index (χ4n) is 0.402. The van der Waals surface area contributed by atoms with E-state index < -0.39 is 6.09 Å². The van der Waals surface area contributed by atoms with Crippen LogP contribution >= 0.6 is 0 Å². The molecule has 0 saturated carbocycles. The SMILES string of the molecule is CCOC(=O)NN=CC(C)C. The molecular weight excluding hydrogens is 144 g/mol. The third-order valence-electron chi connectivity index (χ3n) is 0.804. The first-order chi connectivity index (χ1) is 5.16. The minimum absolute atomic E-state index is 0.330. The zero-order chi connectivity index (χ0) is 8.69. The summed E-state index contributed by atoms with van der Waals surface area (Å²) in [5.41, 5.74) is 2.22. The molecule has 0 aliphatic carbocycles. The third kappa shape index (κ3) is 6.83. The van der Waals surface area contributed by atoms with Gasteiger partial charge in [0, 0.05) is 6.21 Å². The van der Waals surface area contributed by atoms with E-state index in [0.717, 1.165) is 0 Å². The normalized spacial score (nSPS) is 10.5. The van der Waals surface area contributed by atoms with E-state index in [0.29, 0.717) is 12.5 Å². The van der Waals surface area contributed by atoms with Crippen LogP contribution in [-0.2, 0) is 4.74 Å². The Hall–Kier alpha value is -1.06. The molecular formula is C7H14N2O2. The Labute approximate surface area is 66.6 Å². The van der Waals surface area contributed by atoms with Gasteiger partial charge in [-0.15, -0.1) is 0 Å². The Bertz CT molecular complexity index is 143. The van der Waals surface area contributed by atoms with E-state index in [-0.39, 0.29) is 0 Å². The number of carbonyl (C=O) groups is 1. The predicted octanol–water partition coefficient (Wildman–Crippen LogP) is 1.37. The van der Waals surface area contributed by atoms with Crippen molar-refractivity contribution in [3.63, 3.8) is 0 Å². The highest BCUT2D eigenvalue weighted by atomic mass is 16.5. The Kier molecular flexibility index (Phi) is 5.15. The standard InChI is InChI=1S/C7H14N2O2/c1-4-11-7(10)9-8-5-6(2)3/h5-6H,4H2,1-3H3,(H,9,10). The maximum Gasteiger partial charge on any atom is 0.427 e. The molecule has 1 amide bonds. The first kappa shape index (κ1) is 9.94. The number of nitrogens with one attached hydrogen (secondary N) is 1. The molecule has 0 aliphatic rings. The second-order valence-electron chi connectivity index (χ2n) is 2.35. The summed E-state index contributed by atoms with van der Waals surface area (Å²) in [6.07, 6.45) is 1.13. The molecule has 0 aliphatic heterocycles. The molecule has 0 bridgehead atoms. The molecule has 4 nitrogen and oxygen atoms in total. The minimum atomic E-state index is -0.510. The summed E-state index contributed by atoms with van der Waals surface area (Å²) in [7, 11) is 0. The quantitative estimate of drug-likeness (QED) is 0.498. The van der Waals surface area contributed by atoms with Gasteiger partial charge in [-0.3, -0.25) is 0 Å². The van der Waals surface area contributed by atoms with Crippen molar-refractivity contribution in [2.75, 3.05) is 6.61 Å². The molecule has 0 heterocycles. The summed E-state index contributed by atoms with van der Waals surface area (Å²) in [6.45, 7) is 6.04. The lowest BCUT2D eigenvalue weighted by Crippen LogP contribution is -2.18. The zero-order valence-electron chi connectivity index (χ0n) is 7.13. The zero-order valence-corrected chi connectivity index (χ0v) is 7.13. The highest BCUT2D eigenvalue weighted by Gasteiger charge is 1.94. The number of carbonyl (C=O) groups excluding carboxylic acids is 1. The summed E-state index contributed by atoms with van der Waals surface area (Å²) in [5, 5.41) is 3.64. The van der Waals surface area contributed by atoms with Gasteiger partial charge >= 0.3 is 6.09 Å². The second kappa shape index (κ2) is 5.70. The van der Waals surface area contributed by atoms with Gasteiger partial charge < -0.3 is 4.74 Å². The first-order valence-corrected chi connectivity index (χ1v) is 3.62. The van der Waals surface area contributed by atoms with Crippen LogP contribution in [0.2, 0.25) is 0 Å². The predicted molar refractivity (Wildman–Crippen MR) is 43.5 cm³/mol. The van der Waals surface area contributed by atoms with E-state index in [4.69, 9.17) is 0 Å². The lowest BCUT2D eigenvalue weighted by molar-refractivity contribution is 0.152. The monoisotopic (exact) mass is 158 g/mol. The van der Waals surface area contributed by atoms with E-state index in [1.807, 2.05) is 13.8 Å². The number of hydrazone groups is 1. The maximum atomic E-state index is 10.6. The molecule has 0 unspecified atom stereocenters. The Morgan fingerprint density at radius 3 is 2.82 bits per heavy atom. The third-order valence-corrected chi connectivity index (χ3v) is 0.804. The molecule has 0 spiro atoms. The van der Waals surface area contributed by atoms with Crippen LogP contribution in [0.4, 0.5) is 4.79 Å². The molecule has 0 aromatic carbocycles. The van der Waals surface area contributed by atoms with E-state index in [1.165, 1.54) is 0 Å². The highest BCUT2D eigenvalue weighted by Crippen LogP contribution is 1.83. The van der Waals surface area contributed by atoms with Crippen molar-refractivity contribution in [3.05, 3.63) is 0 Å². The number of rotatable bonds is 3. The average Bonchev–Trinajstić information content (AvgIpc) is 1.87. The Balaban J connectivity index is 3.45. The summed E-state index contributed by atoms with van der Waals surface area (Å²) in [4.78, 5) is 10.6. The van der Waals surface area contributed by atoms with Gasteiger partial charge in [0.05, 0.1) is 6.61 Å². The number of ether oxygens (including phenoxy) is 1. The van der Waals surface area contributed by atoms with Crippen LogP contribution in [0.5, 0.6) is 0 Å². The fourth-order valence-corrected chi connectivity index (χ4v) is 0.402. The van der Waals surface area contributed by atoms with Gasteiger partial charge in [-0.05, 0) is 12.8 Å². The second-order valence-corrected chi connectivity index (χ2v) is 2.35. The van der Waals surface area contributed by atoms with Crippen molar-refractivity contribution in [1.82, 2.24) is 5.43 Å². The molecule has 0 fully saturated rings. The fraction of sp³-hybridized carbons (Fsp3) is 0.714. The molecule has 0 atom stereocenters. The van der Waals surface area contributed by atoms with Crippen molar-refractivity contribution in [2.24, 2.45) is 11.0 Å². The largest absolute Gasteiger partial charge is 0.449 e. The summed E-state index contributed by atoms with van der Waals surface area (Å²) < 4.78 is 4.56. The molecule has 11 heavy (non-hydrogen) atoms. The van der Waals surface area contributed by atoms with Crippen molar-refractivity contribution >= 4 is 12.3 Å². The van der Waals surface area contributed by atoms with Gasteiger partial charge in [0.2, 0.25) is 0 Å². The first-order valence-electron chi connectivity index (χ1n) is 3.62. The van der Waals surface area contributed by atoms with Crippen LogP contribution in [0.3, 0.4) is 0 Å². The van der Waals surface area contributed by atoms with Gasteiger partial charge in [-0.25, -0.2) is 10.2 Å².